The minimum Gasteiger partial charge on any atom is -0.446 e. The Labute approximate surface area is 117 Å². The van der Waals surface area contributed by atoms with Crippen molar-refractivity contribution in [1.82, 2.24) is 0 Å². The van der Waals surface area contributed by atoms with E-state index >= 15 is 0 Å². The maximum Gasteiger partial charge on any atom is 0.415 e. The maximum atomic E-state index is 12.1. The molecule has 1 unspecified atom stereocenters. The van der Waals surface area contributed by atoms with Crippen molar-refractivity contribution < 1.29 is 14.6 Å². The molecular weight excluding hydrogens is 254 g/mol. The predicted molar refractivity (Wildman–Crippen MR) is 75.5 cm³/mol. The van der Waals surface area contributed by atoms with E-state index in [4.69, 9.17) is 4.74 Å². The van der Waals surface area contributed by atoms with Crippen LogP contribution in [0.4, 0.5) is 10.5 Å². The fourth-order valence-corrected chi connectivity index (χ4v) is 2.58. The van der Waals surface area contributed by atoms with E-state index < -0.39 is 11.6 Å². The zero-order chi connectivity index (χ0) is 14.0. The maximum absolute atomic E-state index is 12.1. The van der Waals surface area contributed by atoms with Gasteiger partial charge >= 0.3 is 6.09 Å². The van der Waals surface area contributed by atoms with Gasteiger partial charge in [0, 0.05) is 5.69 Å². The number of rotatable bonds is 3. The summed E-state index contributed by atoms with van der Waals surface area (Å²) in [6.45, 7) is -0.0567. The summed E-state index contributed by atoms with van der Waals surface area (Å²) in [5, 5.41) is 9.95. The number of aliphatic hydroxyl groups excluding tert-OH is 1. The van der Waals surface area contributed by atoms with E-state index in [2.05, 4.69) is 0 Å². The molecule has 3 rings (SSSR count). The van der Waals surface area contributed by atoms with Crippen LogP contribution in [0.1, 0.15) is 5.56 Å². The molecule has 2 aromatic carbocycles. The number of carbonyl (C=O) groups is 1. The number of amides is 1. The summed E-state index contributed by atoms with van der Waals surface area (Å²) in [4.78, 5) is 13.6. The van der Waals surface area contributed by atoms with Gasteiger partial charge in [0.1, 0.15) is 12.1 Å². The number of ether oxygens (including phenoxy) is 1. The van der Waals surface area contributed by atoms with Crippen LogP contribution >= 0.6 is 0 Å². The third kappa shape index (κ3) is 1.85. The summed E-state index contributed by atoms with van der Waals surface area (Å²) < 4.78 is 5.21. The van der Waals surface area contributed by atoms with Crippen molar-refractivity contribution in [2.75, 3.05) is 18.1 Å². The first kappa shape index (κ1) is 12.7. The predicted octanol–water partition coefficient (Wildman–Crippen LogP) is 2.53. The molecule has 20 heavy (non-hydrogen) atoms. The van der Waals surface area contributed by atoms with Crippen molar-refractivity contribution in [2.24, 2.45) is 0 Å². The molecule has 0 bridgehead atoms. The highest BCUT2D eigenvalue weighted by molar-refractivity contribution is 5.92. The Balaban J connectivity index is 2.12. The molecule has 1 aliphatic rings. The van der Waals surface area contributed by atoms with Crippen LogP contribution in [0.25, 0.3) is 0 Å². The third-order valence-electron chi connectivity index (χ3n) is 3.63. The molecule has 102 valence electrons. The summed E-state index contributed by atoms with van der Waals surface area (Å²) in [5.74, 6) is 0. The molecule has 2 aromatic rings. The average molecular weight is 269 g/mol. The van der Waals surface area contributed by atoms with Gasteiger partial charge in [0.2, 0.25) is 0 Å². The molecule has 1 fully saturated rings. The SMILES string of the molecule is O=C1OCC(CO)(c2ccccc2)N1c1ccccc1. The lowest BCUT2D eigenvalue weighted by atomic mass is 9.90. The van der Waals surface area contributed by atoms with Gasteiger partial charge in [-0.3, -0.25) is 4.90 Å². The van der Waals surface area contributed by atoms with Crippen molar-refractivity contribution in [1.29, 1.82) is 0 Å². The number of nitrogens with zero attached hydrogens (tertiary/aromatic N) is 1. The van der Waals surface area contributed by atoms with Gasteiger partial charge in [0.25, 0.3) is 0 Å². The summed E-state index contributed by atoms with van der Waals surface area (Å²) >= 11 is 0. The van der Waals surface area contributed by atoms with Gasteiger partial charge in [-0.2, -0.15) is 0 Å². The Bertz CT molecular complexity index is 600. The van der Waals surface area contributed by atoms with Crippen molar-refractivity contribution in [3.63, 3.8) is 0 Å². The van der Waals surface area contributed by atoms with Crippen LogP contribution < -0.4 is 4.90 Å². The van der Waals surface area contributed by atoms with Crippen molar-refractivity contribution in [3.05, 3.63) is 66.2 Å². The molecule has 4 heteroatoms. The first-order valence-electron chi connectivity index (χ1n) is 6.46. The molecule has 1 saturated heterocycles. The van der Waals surface area contributed by atoms with Gasteiger partial charge in [0.05, 0.1) is 6.61 Å². The zero-order valence-corrected chi connectivity index (χ0v) is 10.9. The molecule has 1 heterocycles. The fourth-order valence-electron chi connectivity index (χ4n) is 2.58. The van der Waals surface area contributed by atoms with E-state index in [1.54, 1.807) is 0 Å². The number of para-hydroxylation sites is 1. The Morgan fingerprint density at radius 2 is 1.65 bits per heavy atom. The lowest BCUT2D eigenvalue weighted by Gasteiger charge is -2.34. The van der Waals surface area contributed by atoms with E-state index in [-0.39, 0.29) is 13.2 Å². The van der Waals surface area contributed by atoms with Crippen LogP contribution in [0.3, 0.4) is 0 Å². The molecule has 0 aromatic heterocycles. The Hall–Kier alpha value is -2.33. The van der Waals surface area contributed by atoms with Crippen LogP contribution in [0.2, 0.25) is 0 Å². The van der Waals surface area contributed by atoms with Crippen LogP contribution in [0, 0.1) is 0 Å². The standard InChI is InChI=1S/C16H15NO3/c18-11-16(13-7-3-1-4-8-13)12-20-15(19)17(16)14-9-5-2-6-10-14/h1-10,18H,11-12H2. The normalized spacial score (nSPS) is 21.9. The van der Waals surface area contributed by atoms with E-state index in [0.29, 0.717) is 5.69 Å². The highest BCUT2D eigenvalue weighted by atomic mass is 16.6. The molecule has 1 aliphatic heterocycles. The molecule has 1 amide bonds. The number of carbonyl (C=O) groups excluding carboxylic acids is 1. The van der Waals surface area contributed by atoms with Gasteiger partial charge in [-0.15, -0.1) is 0 Å². The molecule has 1 atom stereocenters. The highest BCUT2D eigenvalue weighted by Gasteiger charge is 2.49. The average Bonchev–Trinajstić information content (AvgIpc) is 2.87. The molecule has 1 N–H and O–H groups in total. The quantitative estimate of drug-likeness (QED) is 0.931. The second-order valence-electron chi connectivity index (χ2n) is 4.78. The van der Waals surface area contributed by atoms with E-state index in [1.807, 2.05) is 60.7 Å². The lowest BCUT2D eigenvalue weighted by Crippen LogP contribution is -2.47. The number of aliphatic hydroxyl groups is 1. The highest BCUT2D eigenvalue weighted by Crippen LogP contribution is 2.38. The first-order valence-corrected chi connectivity index (χ1v) is 6.46. The molecule has 0 spiro atoms. The molecule has 0 radical (unpaired) electrons. The smallest absolute Gasteiger partial charge is 0.415 e. The second-order valence-corrected chi connectivity index (χ2v) is 4.78. The topological polar surface area (TPSA) is 49.8 Å². The van der Waals surface area contributed by atoms with Crippen molar-refractivity contribution >= 4 is 11.8 Å². The van der Waals surface area contributed by atoms with Crippen LogP contribution in [0.15, 0.2) is 60.7 Å². The largest absolute Gasteiger partial charge is 0.446 e. The molecule has 4 nitrogen and oxygen atoms in total. The summed E-state index contributed by atoms with van der Waals surface area (Å²) in [7, 11) is 0. The lowest BCUT2D eigenvalue weighted by molar-refractivity contribution is 0.148. The summed E-state index contributed by atoms with van der Waals surface area (Å²) in [6, 6.07) is 18.7. The van der Waals surface area contributed by atoms with Gasteiger partial charge < -0.3 is 9.84 Å². The van der Waals surface area contributed by atoms with E-state index in [1.165, 1.54) is 4.90 Å². The number of hydrogen-bond donors (Lipinski definition) is 1. The van der Waals surface area contributed by atoms with Gasteiger partial charge in [-0.25, -0.2) is 4.79 Å². The molecule has 0 saturated carbocycles. The monoisotopic (exact) mass is 269 g/mol. The number of anilines is 1. The summed E-state index contributed by atoms with van der Waals surface area (Å²) in [5.41, 5.74) is 0.713. The van der Waals surface area contributed by atoms with Gasteiger partial charge in [-0.1, -0.05) is 48.5 Å². The summed E-state index contributed by atoms with van der Waals surface area (Å²) in [6.07, 6.45) is -0.436. The van der Waals surface area contributed by atoms with Crippen LogP contribution in [-0.4, -0.2) is 24.4 Å². The van der Waals surface area contributed by atoms with Crippen molar-refractivity contribution in [3.8, 4) is 0 Å². The Morgan fingerprint density at radius 3 is 2.25 bits per heavy atom. The van der Waals surface area contributed by atoms with E-state index in [9.17, 15) is 9.90 Å². The number of cyclic esters (lactones) is 1. The van der Waals surface area contributed by atoms with Crippen LogP contribution in [-0.2, 0) is 10.3 Å². The minimum absolute atomic E-state index is 0.140. The zero-order valence-electron chi connectivity index (χ0n) is 10.9. The minimum atomic E-state index is -0.861. The fraction of sp³-hybridized carbons (Fsp3) is 0.188. The Morgan fingerprint density at radius 1 is 1.05 bits per heavy atom. The van der Waals surface area contributed by atoms with Gasteiger partial charge in [-0.05, 0) is 17.7 Å². The second kappa shape index (κ2) is 4.98. The number of hydrogen-bond acceptors (Lipinski definition) is 3. The third-order valence-corrected chi connectivity index (χ3v) is 3.63. The first-order chi connectivity index (χ1) is 9.78. The molecule has 0 aliphatic carbocycles. The Kier molecular flexibility index (Phi) is 3.16. The number of benzene rings is 2. The van der Waals surface area contributed by atoms with Gasteiger partial charge in [0.15, 0.2) is 0 Å². The van der Waals surface area contributed by atoms with Crippen molar-refractivity contribution in [2.45, 2.75) is 5.54 Å². The molecular formula is C16H15NO3. The van der Waals surface area contributed by atoms with Crippen LogP contribution in [0.5, 0.6) is 0 Å². The van der Waals surface area contributed by atoms with E-state index in [0.717, 1.165) is 5.56 Å².